The Balaban J connectivity index is 2.33. The van der Waals surface area contributed by atoms with Crippen molar-refractivity contribution in [3.8, 4) is 0 Å². The van der Waals surface area contributed by atoms with E-state index >= 15 is 0 Å². The highest BCUT2D eigenvalue weighted by Gasteiger charge is 2.11. The number of rotatable bonds is 4. The quantitative estimate of drug-likeness (QED) is 0.868. The van der Waals surface area contributed by atoms with Gasteiger partial charge < -0.3 is 14.5 Å². The van der Waals surface area contributed by atoms with E-state index in [1.165, 1.54) is 12.1 Å². The van der Waals surface area contributed by atoms with Gasteiger partial charge in [0.1, 0.15) is 0 Å². The number of carboxylic acids is 1. The van der Waals surface area contributed by atoms with Crippen LogP contribution in [0.3, 0.4) is 0 Å². The Morgan fingerprint density at radius 1 is 1.24 bits per heavy atom. The maximum atomic E-state index is 11.2. The first-order valence-electron chi connectivity index (χ1n) is 6.20. The Morgan fingerprint density at radius 3 is 2.24 bits per heavy atom. The second-order valence-electron chi connectivity index (χ2n) is 4.85. The molecule has 0 aliphatic carbocycles. The highest BCUT2D eigenvalue weighted by molar-refractivity contribution is 7.89. The fourth-order valence-corrected chi connectivity index (χ4v) is 2.73. The minimum absolute atomic E-state index is 0.0441. The molecule has 1 aromatic heterocycles. The molecule has 2 aromatic rings. The van der Waals surface area contributed by atoms with Crippen LogP contribution in [0, 0.1) is 13.8 Å². The van der Waals surface area contributed by atoms with E-state index in [-0.39, 0.29) is 10.5 Å². The molecule has 0 saturated carbocycles. The molecule has 0 spiro atoms. The molecule has 21 heavy (non-hydrogen) atoms. The first-order valence-corrected chi connectivity index (χ1v) is 7.74. The summed E-state index contributed by atoms with van der Waals surface area (Å²) in [5.41, 5.74) is 2.40. The molecular weight excluding hydrogens is 292 g/mol. The van der Waals surface area contributed by atoms with Gasteiger partial charge in [0.2, 0.25) is 10.0 Å². The number of aryl methyl sites for hydroxylation is 1. The number of primary sulfonamides is 1. The molecule has 0 saturated heterocycles. The third kappa shape index (κ3) is 3.14. The van der Waals surface area contributed by atoms with Crippen molar-refractivity contribution in [2.24, 2.45) is 5.14 Å². The van der Waals surface area contributed by atoms with Crippen LogP contribution in [0.15, 0.2) is 35.2 Å². The van der Waals surface area contributed by atoms with Crippen molar-refractivity contribution in [1.29, 1.82) is 0 Å². The van der Waals surface area contributed by atoms with Gasteiger partial charge in [0, 0.05) is 23.5 Å². The highest BCUT2D eigenvalue weighted by Crippen LogP contribution is 2.17. The number of sulfonamides is 1. The molecule has 0 radical (unpaired) electrons. The Hall–Kier alpha value is -2.12. The van der Waals surface area contributed by atoms with Gasteiger partial charge in [0.05, 0.1) is 10.9 Å². The summed E-state index contributed by atoms with van der Waals surface area (Å²) in [7, 11) is -3.71. The van der Waals surface area contributed by atoms with Crippen LogP contribution in [-0.2, 0) is 16.6 Å². The lowest BCUT2D eigenvalue weighted by Gasteiger charge is -2.11. The summed E-state index contributed by atoms with van der Waals surface area (Å²) in [6, 6.07) is 7.72. The minimum Gasteiger partial charge on any atom is -0.545 e. The van der Waals surface area contributed by atoms with Gasteiger partial charge in [-0.25, -0.2) is 13.6 Å². The fourth-order valence-electron chi connectivity index (χ4n) is 2.22. The topological polar surface area (TPSA) is 105 Å². The monoisotopic (exact) mass is 307 g/mol. The van der Waals surface area contributed by atoms with Gasteiger partial charge >= 0.3 is 0 Å². The molecule has 1 heterocycles. The molecule has 0 aliphatic heterocycles. The second-order valence-corrected chi connectivity index (χ2v) is 6.41. The number of hydrogen-bond acceptors (Lipinski definition) is 4. The number of aromatic carboxylic acids is 1. The Kier molecular flexibility index (Phi) is 3.89. The molecule has 7 heteroatoms. The van der Waals surface area contributed by atoms with Crippen molar-refractivity contribution < 1.29 is 18.3 Å². The maximum absolute atomic E-state index is 11.2. The largest absolute Gasteiger partial charge is 0.545 e. The van der Waals surface area contributed by atoms with Crippen molar-refractivity contribution in [1.82, 2.24) is 4.57 Å². The van der Waals surface area contributed by atoms with Crippen LogP contribution in [0.4, 0.5) is 0 Å². The molecule has 6 nitrogen and oxygen atoms in total. The van der Waals surface area contributed by atoms with Crippen LogP contribution in [0.2, 0.25) is 0 Å². The predicted molar refractivity (Wildman–Crippen MR) is 75.2 cm³/mol. The first-order chi connectivity index (χ1) is 9.70. The van der Waals surface area contributed by atoms with Crippen molar-refractivity contribution >= 4 is 16.0 Å². The molecule has 0 aliphatic rings. The van der Waals surface area contributed by atoms with Gasteiger partial charge in [-0.15, -0.1) is 0 Å². The average Bonchev–Trinajstić information content (AvgIpc) is 2.66. The van der Waals surface area contributed by atoms with Crippen LogP contribution >= 0.6 is 0 Å². The van der Waals surface area contributed by atoms with Gasteiger partial charge in [-0.2, -0.15) is 0 Å². The lowest BCUT2D eigenvalue weighted by molar-refractivity contribution is -0.255. The van der Waals surface area contributed by atoms with Crippen LogP contribution in [0.1, 0.15) is 27.3 Å². The zero-order valence-electron chi connectivity index (χ0n) is 11.7. The SMILES string of the molecule is Cc1cc(C(=O)[O-])c(C)n1Cc1ccc(S(N)(=O)=O)cc1. The number of hydrogen-bond donors (Lipinski definition) is 1. The van der Waals surface area contributed by atoms with E-state index in [2.05, 4.69) is 0 Å². The van der Waals surface area contributed by atoms with E-state index in [1.54, 1.807) is 32.0 Å². The lowest BCUT2D eigenvalue weighted by Crippen LogP contribution is -2.23. The second kappa shape index (κ2) is 5.34. The summed E-state index contributed by atoms with van der Waals surface area (Å²) in [6.07, 6.45) is 0. The van der Waals surface area contributed by atoms with E-state index in [9.17, 15) is 18.3 Å². The van der Waals surface area contributed by atoms with Gasteiger partial charge in [0.25, 0.3) is 0 Å². The highest BCUT2D eigenvalue weighted by atomic mass is 32.2. The zero-order valence-corrected chi connectivity index (χ0v) is 12.5. The molecule has 0 atom stereocenters. The first kappa shape index (κ1) is 15.3. The molecular formula is C14H15N2O4S-. The van der Waals surface area contributed by atoms with Gasteiger partial charge in [0.15, 0.2) is 0 Å². The molecule has 0 bridgehead atoms. The van der Waals surface area contributed by atoms with Gasteiger partial charge in [-0.1, -0.05) is 12.1 Å². The predicted octanol–water partition coefficient (Wildman–Crippen LogP) is 0.164. The van der Waals surface area contributed by atoms with E-state index in [1.807, 2.05) is 4.57 Å². The van der Waals surface area contributed by atoms with Crippen LogP contribution in [-0.4, -0.2) is 19.0 Å². The molecule has 2 rings (SSSR count). The summed E-state index contributed by atoms with van der Waals surface area (Å²) in [5.74, 6) is -1.21. The molecule has 112 valence electrons. The lowest BCUT2D eigenvalue weighted by atomic mass is 10.2. The molecule has 1 aromatic carbocycles. The smallest absolute Gasteiger partial charge is 0.238 e. The fraction of sp³-hybridized carbons (Fsp3) is 0.214. The van der Waals surface area contributed by atoms with E-state index < -0.39 is 16.0 Å². The number of benzene rings is 1. The van der Waals surface area contributed by atoms with Crippen molar-refractivity contribution in [2.45, 2.75) is 25.3 Å². The van der Waals surface area contributed by atoms with Crippen molar-refractivity contribution in [2.75, 3.05) is 0 Å². The number of carboxylic acid groups (broad SMARTS) is 1. The number of carbonyl (C=O) groups excluding carboxylic acids is 1. The van der Waals surface area contributed by atoms with E-state index in [0.29, 0.717) is 12.2 Å². The normalized spacial score (nSPS) is 11.6. The molecule has 0 unspecified atom stereocenters. The number of nitrogens with two attached hydrogens (primary N) is 1. The summed E-state index contributed by atoms with van der Waals surface area (Å²) in [5, 5.41) is 16.0. The third-order valence-electron chi connectivity index (χ3n) is 3.39. The van der Waals surface area contributed by atoms with E-state index in [4.69, 9.17) is 5.14 Å². The standard InChI is InChI=1S/C14H16N2O4S/c1-9-7-13(14(17)18)10(2)16(9)8-11-3-5-12(6-4-11)21(15,19)20/h3-7H,8H2,1-2H3,(H,17,18)(H2,15,19,20)/p-1. The average molecular weight is 307 g/mol. The van der Waals surface area contributed by atoms with Gasteiger partial charge in [-0.05, 0) is 37.6 Å². The van der Waals surface area contributed by atoms with Crippen LogP contribution in [0.5, 0.6) is 0 Å². The Morgan fingerprint density at radius 2 is 1.81 bits per heavy atom. The van der Waals surface area contributed by atoms with Gasteiger partial charge in [-0.3, -0.25) is 0 Å². The number of aromatic nitrogens is 1. The Labute approximate surface area is 122 Å². The van der Waals surface area contributed by atoms with E-state index in [0.717, 1.165) is 11.3 Å². The molecule has 0 fully saturated rings. The maximum Gasteiger partial charge on any atom is 0.238 e. The summed E-state index contributed by atoms with van der Waals surface area (Å²) < 4.78 is 24.2. The molecule has 0 amide bonds. The summed E-state index contributed by atoms with van der Waals surface area (Å²) >= 11 is 0. The zero-order chi connectivity index (χ0) is 15.8. The van der Waals surface area contributed by atoms with Crippen LogP contribution < -0.4 is 10.2 Å². The minimum atomic E-state index is -3.71. The Bertz CT molecular complexity index is 789. The number of carbonyl (C=O) groups is 1. The van der Waals surface area contributed by atoms with Crippen molar-refractivity contribution in [3.05, 3.63) is 52.8 Å². The number of nitrogens with zero attached hydrogens (tertiary/aromatic N) is 1. The van der Waals surface area contributed by atoms with Crippen molar-refractivity contribution in [3.63, 3.8) is 0 Å². The molecule has 2 N–H and O–H groups in total. The van der Waals surface area contributed by atoms with Crippen LogP contribution in [0.25, 0.3) is 0 Å². The summed E-state index contributed by atoms with van der Waals surface area (Å²) in [6.45, 7) is 3.95. The third-order valence-corrected chi connectivity index (χ3v) is 4.32. The summed E-state index contributed by atoms with van der Waals surface area (Å²) in [4.78, 5) is 11.0.